The van der Waals surface area contributed by atoms with Gasteiger partial charge in [-0.2, -0.15) is 0 Å². The average Bonchev–Trinajstić information content (AvgIpc) is 3.59. The minimum atomic E-state index is -0.466. The van der Waals surface area contributed by atoms with E-state index in [1.165, 1.54) is 11.3 Å². The van der Waals surface area contributed by atoms with Gasteiger partial charge in [-0.15, -0.1) is 11.3 Å². The van der Waals surface area contributed by atoms with Crippen LogP contribution in [0.2, 0.25) is 0 Å². The minimum absolute atomic E-state index is 0.0685. The number of aromatic amines is 1. The first-order chi connectivity index (χ1) is 15.7. The molecule has 1 saturated heterocycles. The number of nitrogens with one attached hydrogen (secondary N) is 2. The van der Waals surface area contributed by atoms with Crippen molar-refractivity contribution in [1.29, 1.82) is 0 Å². The van der Waals surface area contributed by atoms with Crippen LogP contribution in [0.4, 0.5) is 0 Å². The van der Waals surface area contributed by atoms with Gasteiger partial charge in [0.15, 0.2) is 0 Å². The first kappa shape index (κ1) is 20.5. The summed E-state index contributed by atoms with van der Waals surface area (Å²) in [6.45, 7) is 0.600. The molecule has 0 radical (unpaired) electrons. The number of hydrogen-bond acceptors (Lipinski definition) is 4. The zero-order valence-corrected chi connectivity index (χ0v) is 18.3. The van der Waals surface area contributed by atoms with E-state index < -0.39 is 6.04 Å². The maximum Gasteiger partial charge on any atom is 0.264 e. The smallest absolute Gasteiger partial charge is 0.264 e. The molecule has 2 N–H and O–H groups in total. The lowest BCUT2D eigenvalue weighted by atomic mass is 10.0. The Kier molecular flexibility index (Phi) is 5.73. The number of nitrogens with zero attached hydrogens (tertiary/aromatic N) is 2. The molecule has 7 heteroatoms. The third kappa shape index (κ3) is 4.16. The molecule has 0 bridgehead atoms. The average molecular weight is 445 g/mol. The standard InChI is InChI=1S/C25H24N4O2S/c30-24(21-12-6-14-29(21)25(31)22-13-7-15-32-22)28-20(16-17-8-2-1-3-9-17)23-26-18-10-4-5-11-19(18)27-23/h1-5,7-11,13,15,20-21H,6,12,14,16H2,(H,26,27)(H,28,30). The molecule has 6 nitrogen and oxygen atoms in total. The Hall–Kier alpha value is -3.45. The van der Waals surface area contributed by atoms with Gasteiger partial charge < -0.3 is 15.2 Å². The number of benzene rings is 2. The Labute approximate surface area is 190 Å². The van der Waals surface area contributed by atoms with Crippen LogP contribution in [0, 0.1) is 0 Å². The molecule has 32 heavy (non-hydrogen) atoms. The number of fused-ring (bicyclic) bond motifs is 1. The molecular formula is C25H24N4O2S. The van der Waals surface area contributed by atoms with Crippen LogP contribution in [0.3, 0.4) is 0 Å². The first-order valence-electron chi connectivity index (χ1n) is 10.8. The number of imidazole rings is 1. The molecular weight excluding hydrogens is 420 g/mol. The number of carbonyl (C=O) groups is 2. The number of hydrogen-bond donors (Lipinski definition) is 2. The molecule has 1 aliphatic rings. The maximum absolute atomic E-state index is 13.4. The van der Waals surface area contributed by atoms with Crippen molar-refractivity contribution < 1.29 is 9.59 Å². The molecule has 2 atom stereocenters. The fraction of sp³-hybridized carbons (Fsp3) is 0.240. The number of aromatic nitrogens is 2. The van der Waals surface area contributed by atoms with Crippen molar-refractivity contribution in [3.8, 4) is 0 Å². The third-order valence-electron chi connectivity index (χ3n) is 5.89. The van der Waals surface area contributed by atoms with Gasteiger partial charge in [0.05, 0.1) is 22.0 Å². The molecule has 0 spiro atoms. The fourth-order valence-electron chi connectivity index (χ4n) is 4.30. The van der Waals surface area contributed by atoms with Crippen molar-refractivity contribution in [2.75, 3.05) is 6.54 Å². The lowest BCUT2D eigenvalue weighted by Gasteiger charge is -2.26. The molecule has 3 heterocycles. The molecule has 4 aromatic rings. The van der Waals surface area contributed by atoms with Crippen LogP contribution >= 0.6 is 11.3 Å². The topological polar surface area (TPSA) is 78.1 Å². The van der Waals surface area contributed by atoms with E-state index in [4.69, 9.17) is 4.98 Å². The summed E-state index contributed by atoms with van der Waals surface area (Å²) in [5.41, 5.74) is 2.91. The SMILES string of the molecule is O=C(NC(Cc1ccccc1)c1nc2ccccc2[nH]1)C1CCCN1C(=O)c1cccs1. The molecule has 2 unspecified atom stereocenters. The van der Waals surface area contributed by atoms with E-state index in [-0.39, 0.29) is 17.9 Å². The Morgan fingerprint density at radius 2 is 1.91 bits per heavy atom. The van der Waals surface area contributed by atoms with Gasteiger partial charge >= 0.3 is 0 Å². The molecule has 1 aliphatic heterocycles. The van der Waals surface area contributed by atoms with Crippen LogP contribution in [0.25, 0.3) is 11.0 Å². The molecule has 2 amide bonds. The number of amides is 2. The van der Waals surface area contributed by atoms with E-state index in [9.17, 15) is 9.59 Å². The van der Waals surface area contributed by atoms with Crippen LogP contribution in [0.15, 0.2) is 72.1 Å². The summed E-state index contributed by atoms with van der Waals surface area (Å²) in [5.74, 6) is 0.521. The number of carbonyl (C=O) groups excluding carboxylic acids is 2. The van der Waals surface area contributed by atoms with Gasteiger partial charge in [0, 0.05) is 6.54 Å². The second-order valence-corrected chi connectivity index (χ2v) is 8.97. The van der Waals surface area contributed by atoms with Crippen molar-refractivity contribution in [2.24, 2.45) is 0 Å². The third-order valence-corrected chi connectivity index (χ3v) is 6.74. The van der Waals surface area contributed by atoms with Gasteiger partial charge in [-0.25, -0.2) is 4.98 Å². The lowest BCUT2D eigenvalue weighted by Crippen LogP contribution is -2.47. The Morgan fingerprint density at radius 1 is 1.09 bits per heavy atom. The Bertz CT molecular complexity index is 1190. The van der Waals surface area contributed by atoms with Gasteiger partial charge in [-0.1, -0.05) is 48.5 Å². The Balaban J connectivity index is 1.40. The van der Waals surface area contributed by atoms with Crippen molar-refractivity contribution in [3.63, 3.8) is 0 Å². The summed E-state index contributed by atoms with van der Waals surface area (Å²) in [6.07, 6.45) is 2.10. The summed E-state index contributed by atoms with van der Waals surface area (Å²) in [7, 11) is 0. The number of para-hydroxylation sites is 2. The van der Waals surface area contributed by atoms with Crippen molar-refractivity contribution in [3.05, 3.63) is 88.4 Å². The van der Waals surface area contributed by atoms with Gasteiger partial charge in [0.2, 0.25) is 5.91 Å². The van der Waals surface area contributed by atoms with Crippen LogP contribution < -0.4 is 5.32 Å². The zero-order valence-electron chi connectivity index (χ0n) is 17.5. The van der Waals surface area contributed by atoms with Crippen molar-refractivity contribution in [2.45, 2.75) is 31.3 Å². The summed E-state index contributed by atoms with van der Waals surface area (Å²) < 4.78 is 0. The normalized spacial score (nSPS) is 16.9. The highest BCUT2D eigenvalue weighted by molar-refractivity contribution is 7.12. The van der Waals surface area contributed by atoms with Gasteiger partial charge in [-0.3, -0.25) is 9.59 Å². The van der Waals surface area contributed by atoms with E-state index >= 15 is 0 Å². The molecule has 162 valence electrons. The number of thiophene rings is 1. The predicted molar refractivity (Wildman–Crippen MR) is 126 cm³/mol. The lowest BCUT2D eigenvalue weighted by molar-refractivity contribution is -0.125. The highest BCUT2D eigenvalue weighted by Crippen LogP contribution is 2.25. The van der Waals surface area contributed by atoms with Crippen LogP contribution in [-0.2, 0) is 11.2 Å². The molecule has 5 rings (SSSR count). The highest BCUT2D eigenvalue weighted by atomic mass is 32.1. The second kappa shape index (κ2) is 8.96. The monoisotopic (exact) mass is 444 g/mol. The Morgan fingerprint density at radius 3 is 2.69 bits per heavy atom. The van der Waals surface area contributed by atoms with Crippen LogP contribution in [-0.4, -0.2) is 39.3 Å². The second-order valence-electron chi connectivity index (χ2n) is 8.02. The molecule has 0 saturated carbocycles. The molecule has 2 aromatic carbocycles. The molecule has 0 aliphatic carbocycles. The van der Waals surface area contributed by atoms with Gasteiger partial charge in [0.1, 0.15) is 11.9 Å². The highest BCUT2D eigenvalue weighted by Gasteiger charge is 2.36. The summed E-state index contributed by atoms with van der Waals surface area (Å²) in [5, 5.41) is 5.08. The summed E-state index contributed by atoms with van der Waals surface area (Å²) in [4.78, 5) is 36.8. The van der Waals surface area contributed by atoms with E-state index in [2.05, 4.69) is 10.3 Å². The van der Waals surface area contributed by atoms with Crippen molar-refractivity contribution in [1.82, 2.24) is 20.2 Å². The van der Waals surface area contributed by atoms with E-state index in [1.807, 2.05) is 72.1 Å². The summed E-state index contributed by atoms with van der Waals surface area (Å²) >= 11 is 1.41. The van der Waals surface area contributed by atoms with E-state index in [1.54, 1.807) is 4.90 Å². The fourth-order valence-corrected chi connectivity index (χ4v) is 4.97. The largest absolute Gasteiger partial charge is 0.344 e. The quantitative estimate of drug-likeness (QED) is 0.465. The van der Waals surface area contributed by atoms with Crippen molar-refractivity contribution >= 4 is 34.2 Å². The maximum atomic E-state index is 13.4. The summed E-state index contributed by atoms with van der Waals surface area (Å²) in [6, 6.07) is 20.8. The van der Waals surface area contributed by atoms with Crippen LogP contribution in [0.5, 0.6) is 0 Å². The van der Waals surface area contributed by atoms with Gasteiger partial charge in [-0.05, 0) is 48.4 Å². The first-order valence-corrected chi connectivity index (χ1v) is 11.7. The minimum Gasteiger partial charge on any atom is -0.344 e. The van der Waals surface area contributed by atoms with Crippen LogP contribution in [0.1, 0.15) is 39.9 Å². The van der Waals surface area contributed by atoms with Gasteiger partial charge in [0.25, 0.3) is 5.91 Å². The number of H-pyrrole nitrogens is 1. The molecule has 2 aromatic heterocycles. The van der Waals surface area contributed by atoms with E-state index in [0.717, 1.165) is 28.8 Å². The number of likely N-dealkylation sites (tertiary alicyclic amines) is 1. The molecule has 1 fully saturated rings. The zero-order chi connectivity index (χ0) is 21.9. The predicted octanol–water partition coefficient (Wildman–Crippen LogP) is 4.33. The number of rotatable bonds is 6. The van der Waals surface area contributed by atoms with E-state index in [0.29, 0.717) is 24.3 Å².